The molecule has 0 saturated carbocycles. The molecule has 4 aromatic carbocycles. The van der Waals surface area contributed by atoms with E-state index in [-0.39, 0.29) is 12.2 Å². The predicted octanol–water partition coefficient (Wildman–Crippen LogP) is 6.00. The Labute approximate surface area is 224 Å². The van der Waals surface area contributed by atoms with Crippen molar-refractivity contribution in [2.24, 2.45) is 0 Å². The van der Waals surface area contributed by atoms with Gasteiger partial charge in [0.25, 0.3) is 11.8 Å². The van der Waals surface area contributed by atoms with Crippen LogP contribution in [0.2, 0.25) is 0 Å². The van der Waals surface area contributed by atoms with Gasteiger partial charge < -0.3 is 9.47 Å². The Kier molecular flexibility index (Phi) is 7.18. The van der Waals surface area contributed by atoms with Gasteiger partial charge in [-0.1, -0.05) is 48.5 Å². The van der Waals surface area contributed by atoms with E-state index in [1.807, 2.05) is 0 Å². The minimum Gasteiger partial charge on any atom is -0.497 e. The van der Waals surface area contributed by atoms with Crippen LogP contribution in [0, 0.1) is 5.82 Å². The number of benzene rings is 4. The number of methoxy groups -OCH3 is 1. The van der Waals surface area contributed by atoms with Crippen LogP contribution in [0.25, 0.3) is 6.08 Å². The van der Waals surface area contributed by atoms with E-state index in [9.17, 15) is 18.8 Å². The van der Waals surface area contributed by atoms with Gasteiger partial charge in [0.1, 0.15) is 29.5 Å². The maximum atomic E-state index is 13.7. The van der Waals surface area contributed by atoms with Gasteiger partial charge in [0, 0.05) is 11.6 Å². The van der Waals surface area contributed by atoms with Crippen LogP contribution in [-0.4, -0.2) is 25.0 Å². The topological polar surface area (TPSA) is 76.2 Å². The predicted molar refractivity (Wildman–Crippen MR) is 145 cm³/mol. The first kappa shape index (κ1) is 25.4. The number of imide groups is 2. The molecule has 4 aromatic rings. The molecule has 0 bridgehead atoms. The molecule has 0 aliphatic carbocycles. The number of urea groups is 1. The molecule has 194 valence electrons. The smallest absolute Gasteiger partial charge is 0.343 e. The van der Waals surface area contributed by atoms with E-state index in [0.717, 1.165) is 9.80 Å². The summed E-state index contributed by atoms with van der Waals surface area (Å²) in [5, 5.41) is 0. The molecule has 7 nitrogen and oxygen atoms in total. The fourth-order valence-electron chi connectivity index (χ4n) is 4.17. The van der Waals surface area contributed by atoms with Crippen molar-refractivity contribution in [2.75, 3.05) is 16.9 Å². The third-order valence-corrected chi connectivity index (χ3v) is 6.08. The highest BCUT2D eigenvalue weighted by molar-refractivity contribution is 6.46. The van der Waals surface area contributed by atoms with Crippen molar-refractivity contribution < 1.29 is 28.2 Å². The van der Waals surface area contributed by atoms with Crippen LogP contribution < -0.4 is 19.3 Å². The van der Waals surface area contributed by atoms with Gasteiger partial charge in [-0.2, -0.15) is 0 Å². The Bertz CT molecular complexity index is 1510. The number of ether oxygens (including phenoxy) is 2. The number of hydrogen-bond donors (Lipinski definition) is 0. The van der Waals surface area contributed by atoms with Gasteiger partial charge in [-0.15, -0.1) is 0 Å². The van der Waals surface area contributed by atoms with E-state index in [2.05, 4.69) is 0 Å². The number of rotatable bonds is 7. The molecule has 0 atom stereocenters. The lowest BCUT2D eigenvalue weighted by Crippen LogP contribution is -2.57. The van der Waals surface area contributed by atoms with E-state index >= 15 is 0 Å². The lowest BCUT2D eigenvalue weighted by Gasteiger charge is -2.34. The number of nitrogens with zero attached hydrogens (tertiary/aromatic N) is 2. The summed E-state index contributed by atoms with van der Waals surface area (Å²) in [5.74, 6) is -1.14. The summed E-state index contributed by atoms with van der Waals surface area (Å²) in [4.78, 5) is 42.8. The monoisotopic (exact) mass is 522 g/mol. The van der Waals surface area contributed by atoms with Gasteiger partial charge in [-0.3, -0.25) is 9.59 Å². The SMILES string of the molecule is COc1ccc(C=C2C(=O)N(c3ccccc3)C(=O)N(c3ccccc3)C2=O)c(OCc2cccc(F)c2)c1. The highest BCUT2D eigenvalue weighted by atomic mass is 19.1. The Balaban J connectivity index is 1.59. The number of barbiturate groups is 1. The van der Waals surface area contributed by atoms with Gasteiger partial charge in [0.05, 0.1) is 18.5 Å². The first-order valence-corrected chi connectivity index (χ1v) is 12.1. The highest BCUT2D eigenvalue weighted by Crippen LogP contribution is 2.32. The highest BCUT2D eigenvalue weighted by Gasteiger charge is 2.43. The van der Waals surface area contributed by atoms with E-state index in [1.54, 1.807) is 91.0 Å². The summed E-state index contributed by atoms with van der Waals surface area (Å²) in [7, 11) is 1.50. The zero-order valence-electron chi connectivity index (χ0n) is 20.9. The maximum Gasteiger partial charge on any atom is 0.343 e. The van der Waals surface area contributed by atoms with Crippen molar-refractivity contribution >= 4 is 35.3 Å². The molecule has 0 unspecified atom stereocenters. The van der Waals surface area contributed by atoms with Crippen LogP contribution >= 0.6 is 0 Å². The summed E-state index contributed by atoms with van der Waals surface area (Å²) >= 11 is 0. The molecule has 1 saturated heterocycles. The van der Waals surface area contributed by atoms with Gasteiger partial charge in [0.2, 0.25) is 0 Å². The van der Waals surface area contributed by atoms with Gasteiger partial charge in [-0.25, -0.2) is 19.0 Å². The molecule has 1 heterocycles. The first-order valence-electron chi connectivity index (χ1n) is 12.1. The summed E-state index contributed by atoms with van der Waals surface area (Å²) in [6.45, 7) is 0.0355. The van der Waals surface area contributed by atoms with Crippen molar-refractivity contribution in [1.29, 1.82) is 0 Å². The molecule has 1 aliphatic heterocycles. The Morgan fingerprint density at radius 3 is 1.92 bits per heavy atom. The lowest BCUT2D eigenvalue weighted by molar-refractivity contribution is -0.121. The van der Waals surface area contributed by atoms with Crippen LogP contribution in [-0.2, 0) is 16.2 Å². The third-order valence-electron chi connectivity index (χ3n) is 6.08. The van der Waals surface area contributed by atoms with E-state index in [4.69, 9.17) is 9.47 Å². The molecule has 0 aromatic heterocycles. The van der Waals surface area contributed by atoms with Crippen molar-refractivity contribution in [3.8, 4) is 11.5 Å². The lowest BCUT2D eigenvalue weighted by atomic mass is 10.0. The first-order chi connectivity index (χ1) is 19.0. The fraction of sp³-hybridized carbons (Fsp3) is 0.0645. The zero-order valence-corrected chi connectivity index (χ0v) is 20.9. The molecule has 8 heteroatoms. The van der Waals surface area contributed by atoms with Crippen LogP contribution in [0.4, 0.5) is 20.6 Å². The summed E-state index contributed by atoms with van der Waals surface area (Å²) in [6, 6.07) is 26.9. The maximum absolute atomic E-state index is 13.7. The Morgan fingerprint density at radius 1 is 0.744 bits per heavy atom. The second-order valence-corrected chi connectivity index (χ2v) is 8.62. The van der Waals surface area contributed by atoms with Crippen LogP contribution in [0.5, 0.6) is 11.5 Å². The fourth-order valence-corrected chi connectivity index (χ4v) is 4.17. The van der Waals surface area contributed by atoms with Crippen LogP contribution in [0.1, 0.15) is 11.1 Å². The average Bonchev–Trinajstić information content (AvgIpc) is 2.96. The van der Waals surface area contributed by atoms with Crippen LogP contribution in [0.3, 0.4) is 0 Å². The van der Waals surface area contributed by atoms with Gasteiger partial charge in [0.15, 0.2) is 0 Å². The van der Waals surface area contributed by atoms with Crippen molar-refractivity contribution in [1.82, 2.24) is 0 Å². The van der Waals surface area contributed by atoms with E-state index < -0.39 is 23.7 Å². The zero-order chi connectivity index (χ0) is 27.4. The number of halogens is 1. The third kappa shape index (κ3) is 5.26. The van der Waals surface area contributed by atoms with Crippen molar-refractivity contribution in [2.45, 2.75) is 6.61 Å². The number of para-hydroxylation sites is 2. The second-order valence-electron chi connectivity index (χ2n) is 8.62. The molecule has 4 amide bonds. The molecular weight excluding hydrogens is 499 g/mol. The van der Waals surface area contributed by atoms with Crippen LogP contribution in [0.15, 0.2) is 109 Å². The standard InChI is InChI=1S/C31H23FN2O5/c1-38-26-16-15-22(28(19-26)39-20-21-9-8-10-23(32)17-21)18-27-29(35)33(24-11-4-2-5-12-24)31(37)34(30(27)36)25-13-6-3-7-14-25/h2-19H,20H2,1H3. The summed E-state index contributed by atoms with van der Waals surface area (Å²) < 4.78 is 25.0. The minimum atomic E-state index is -0.781. The Hall–Kier alpha value is -5.24. The molecule has 0 spiro atoms. The largest absolute Gasteiger partial charge is 0.497 e. The average molecular weight is 523 g/mol. The normalized spacial score (nSPS) is 13.5. The number of carbonyl (C=O) groups excluding carboxylic acids is 3. The second kappa shape index (κ2) is 11.0. The molecule has 0 N–H and O–H groups in total. The molecule has 5 rings (SSSR count). The number of carbonyl (C=O) groups is 3. The summed E-state index contributed by atoms with van der Waals surface area (Å²) in [5.41, 5.74) is 1.41. The molecule has 0 radical (unpaired) electrons. The van der Waals surface area contributed by atoms with Crippen molar-refractivity contribution in [3.63, 3.8) is 0 Å². The molecule has 1 aliphatic rings. The molecule has 1 fully saturated rings. The quantitative estimate of drug-likeness (QED) is 0.220. The number of amides is 4. The van der Waals surface area contributed by atoms with E-state index in [1.165, 1.54) is 25.3 Å². The van der Waals surface area contributed by atoms with Gasteiger partial charge >= 0.3 is 6.03 Å². The van der Waals surface area contributed by atoms with Crippen molar-refractivity contribution in [3.05, 3.63) is 126 Å². The summed E-state index contributed by atoms with van der Waals surface area (Å²) in [6.07, 6.45) is 1.39. The minimum absolute atomic E-state index is 0.0355. The molecule has 39 heavy (non-hydrogen) atoms. The number of anilines is 2. The van der Waals surface area contributed by atoms with Gasteiger partial charge in [-0.05, 0) is 60.2 Å². The van der Waals surface area contributed by atoms with E-state index in [0.29, 0.717) is 34.0 Å². The molecular formula is C31H23FN2O5. The number of hydrogen-bond acceptors (Lipinski definition) is 5. The Morgan fingerprint density at radius 2 is 1.36 bits per heavy atom.